The van der Waals surface area contributed by atoms with Crippen molar-refractivity contribution in [1.29, 1.82) is 0 Å². The molecule has 0 aliphatic carbocycles. The molecule has 7 heteroatoms. The minimum Gasteiger partial charge on any atom is -0.267 e. The van der Waals surface area contributed by atoms with Gasteiger partial charge in [-0.1, -0.05) is 48.7 Å². The number of amides is 1. The van der Waals surface area contributed by atoms with Crippen molar-refractivity contribution in [3.8, 4) is 0 Å². The number of rotatable bonds is 6. The number of carbonyl (C=O) groups excluding carboxylic acids is 1. The summed E-state index contributed by atoms with van der Waals surface area (Å²) in [6.07, 6.45) is 3.56. The van der Waals surface area contributed by atoms with E-state index >= 15 is 0 Å². The van der Waals surface area contributed by atoms with Crippen LogP contribution < -0.4 is 5.43 Å². The van der Waals surface area contributed by atoms with E-state index in [9.17, 15) is 4.79 Å². The van der Waals surface area contributed by atoms with Gasteiger partial charge < -0.3 is 0 Å². The number of hydrogen-bond donors (Lipinski definition) is 1. The van der Waals surface area contributed by atoms with Crippen LogP contribution in [0.5, 0.6) is 0 Å². The summed E-state index contributed by atoms with van der Waals surface area (Å²) in [5.41, 5.74) is 4.28. The van der Waals surface area contributed by atoms with E-state index in [2.05, 4.69) is 22.5 Å². The predicted octanol–water partition coefficient (Wildman–Crippen LogP) is 4.06. The zero-order valence-electron chi connectivity index (χ0n) is 13.0. The second-order valence-electron chi connectivity index (χ2n) is 5.05. The highest BCUT2D eigenvalue weighted by molar-refractivity contribution is 6.34. The standard InChI is InChI=1S/C16H18Cl2N4O/c1-3-4-9-22-15(18)13(11(2)21-22)10-19-20-16(23)12-7-5-6-8-14(12)17/h5-8,10H,3-4,9H2,1-2H3,(H,20,23)/b19-10-. The fourth-order valence-corrected chi connectivity index (χ4v) is 2.56. The smallest absolute Gasteiger partial charge is 0.267 e. The van der Waals surface area contributed by atoms with Gasteiger partial charge in [-0.3, -0.25) is 9.48 Å². The molecule has 1 amide bonds. The number of aryl methyl sites for hydroxylation is 2. The van der Waals surface area contributed by atoms with Crippen LogP contribution in [0.2, 0.25) is 10.2 Å². The predicted molar refractivity (Wildman–Crippen MR) is 93.4 cm³/mol. The Bertz CT molecular complexity index is 725. The zero-order chi connectivity index (χ0) is 16.8. The minimum absolute atomic E-state index is 0.368. The maximum absolute atomic E-state index is 12.0. The topological polar surface area (TPSA) is 59.3 Å². The van der Waals surface area contributed by atoms with Gasteiger partial charge in [0.15, 0.2) is 0 Å². The Balaban J connectivity index is 2.08. The molecule has 0 radical (unpaired) electrons. The van der Waals surface area contributed by atoms with E-state index in [-0.39, 0.29) is 5.91 Å². The molecule has 1 heterocycles. The number of benzene rings is 1. The quantitative estimate of drug-likeness (QED) is 0.629. The summed E-state index contributed by atoms with van der Waals surface area (Å²) in [7, 11) is 0. The van der Waals surface area contributed by atoms with Gasteiger partial charge in [0.05, 0.1) is 28.1 Å². The summed E-state index contributed by atoms with van der Waals surface area (Å²) in [4.78, 5) is 12.0. The highest BCUT2D eigenvalue weighted by Crippen LogP contribution is 2.18. The van der Waals surface area contributed by atoms with Gasteiger partial charge in [0.25, 0.3) is 5.91 Å². The van der Waals surface area contributed by atoms with Crippen LogP contribution in [0.4, 0.5) is 0 Å². The molecule has 23 heavy (non-hydrogen) atoms. The van der Waals surface area contributed by atoms with Crippen molar-refractivity contribution in [3.63, 3.8) is 0 Å². The van der Waals surface area contributed by atoms with Crippen molar-refractivity contribution in [3.05, 3.63) is 51.3 Å². The summed E-state index contributed by atoms with van der Waals surface area (Å²) < 4.78 is 1.75. The van der Waals surface area contributed by atoms with E-state index in [1.807, 2.05) is 6.92 Å². The van der Waals surface area contributed by atoms with Crippen molar-refractivity contribution in [1.82, 2.24) is 15.2 Å². The molecule has 0 saturated carbocycles. The van der Waals surface area contributed by atoms with Crippen molar-refractivity contribution in [2.24, 2.45) is 5.10 Å². The number of nitrogens with zero attached hydrogens (tertiary/aromatic N) is 3. The summed E-state index contributed by atoms with van der Waals surface area (Å²) in [6.45, 7) is 4.72. The number of unbranched alkanes of at least 4 members (excludes halogenated alkanes) is 1. The molecule has 0 atom stereocenters. The van der Waals surface area contributed by atoms with Crippen LogP contribution in [0.1, 0.15) is 41.4 Å². The first-order valence-electron chi connectivity index (χ1n) is 7.35. The molecule has 0 unspecified atom stereocenters. The van der Waals surface area contributed by atoms with Crippen LogP contribution in [0.25, 0.3) is 0 Å². The van der Waals surface area contributed by atoms with Crippen molar-refractivity contribution < 1.29 is 4.79 Å². The number of nitrogens with one attached hydrogen (secondary N) is 1. The van der Waals surface area contributed by atoms with Gasteiger partial charge in [0.1, 0.15) is 5.15 Å². The average Bonchev–Trinajstić information content (AvgIpc) is 2.80. The monoisotopic (exact) mass is 352 g/mol. The molecule has 122 valence electrons. The summed E-state index contributed by atoms with van der Waals surface area (Å²) in [5.74, 6) is -0.376. The highest BCUT2D eigenvalue weighted by Gasteiger charge is 2.12. The Morgan fingerprint density at radius 1 is 1.39 bits per heavy atom. The van der Waals surface area contributed by atoms with E-state index < -0.39 is 0 Å². The van der Waals surface area contributed by atoms with Crippen LogP contribution >= 0.6 is 23.2 Å². The number of carbonyl (C=O) groups is 1. The van der Waals surface area contributed by atoms with Crippen molar-refractivity contribution >= 4 is 35.3 Å². The molecule has 0 saturated heterocycles. The third-order valence-electron chi connectivity index (χ3n) is 3.31. The molecule has 0 aliphatic heterocycles. The largest absolute Gasteiger partial charge is 0.272 e. The Morgan fingerprint density at radius 3 is 2.83 bits per heavy atom. The average molecular weight is 353 g/mol. The Labute approximate surface area is 145 Å². The first-order valence-corrected chi connectivity index (χ1v) is 8.11. The second-order valence-corrected chi connectivity index (χ2v) is 5.81. The van der Waals surface area contributed by atoms with Crippen LogP contribution in [0, 0.1) is 6.92 Å². The minimum atomic E-state index is -0.376. The van der Waals surface area contributed by atoms with Crippen LogP contribution in [0.15, 0.2) is 29.4 Å². The molecule has 0 spiro atoms. The third kappa shape index (κ3) is 4.33. The molecule has 5 nitrogen and oxygen atoms in total. The molecule has 2 aromatic rings. The van der Waals surface area contributed by atoms with Crippen LogP contribution in [0.3, 0.4) is 0 Å². The lowest BCUT2D eigenvalue weighted by Crippen LogP contribution is -2.18. The normalized spacial score (nSPS) is 11.1. The molecule has 0 aliphatic rings. The maximum atomic E-state index is 12.0. The Hall–Kier alpha value is -1.85. The van der Waals surface area contributed by atoms with Crippen molar-refractivity contribution in [2.75, 3.05) is 0 Å². The second kappa shape index (κ2) is 8.13. The lowest BCUT2D eigenvalue weighted by molar-refractivity contribution is 0.0955. The maximum Gasteiger partial charge on any atom is 0.272 e. The van der Waals surface area contributed by atoms with Crippen LogP contribution in [-0.2, 0) is 6.54 Å². The number of aromatic nitrogens is 2. The fourth-order valence-electron chi connectivity index (χ4n) is 2.03. The van der Waals surface area contributed by atoms with E-state index in [1.54, 1.807) is 28.9 Å². The molecule has 0 fully saturated rings. The number of hydrogen-bond acceptors (Lipinski definition) is 3. The Morgan fingerprint density at radius 2 is 2.13 bits per heavy atom. The van der Waals surface area contributed by atoms with Gasteiger partial charge >= 0.3 is 0 Å². The molecule has 2 rings (SSSR count). The molecule has 1 aromatic heterocycles. The lowest BCUT2D eigenvalue weighted by Gasteiger charge is -2.02. The van der Waals surface area contributed by atoms with Gasteiger partial charge in [-0.05, 0) is 25.5 Å². The van der Waals surface area contributed by atoms with Gasteiger partial charge in [0.2, 0.25) is 0 Å². The van der Waals surface area contributed by atoms with E-state index in [0.717, 1.165) is 25.1 Å². The van der Waals surface area contributed by atoms with Crippen LogP contribution in [-0.4, -0.2) is 21.9 Å². The first-order chi connectivity index (χ1) is 11.0. The van der Waals surface area contributed by atoms with Gasteiger partial charge in [-0.2, -0.15) is 10.2 Å². The van der Waals surface area contributed by atoms with Gasteiger partial charge in [-0.15, -0.1) is 0 Å². The zero-order valence-corrected chi connectivity index (χ0v) is 14.5. The summed E-state index contributed by atoms with van der Waals surface area (Å²) >= 11 is 12.3. The van der Waals surface area contributed by atoms with E-state index in [1.165, 1.54) is 6.21 Å². The number of halogens is 2. The molecular weight excluding hydrogens is 335 g/mol. The first kappa shape index (κ1) is 17.5. The highest BCUT2D eigenvalue weighted by atomic mass is 35.5. The van der Waals surface area contributed by atoms with Gasteiger partial charge in [0, 0.05) is 6.54 Å². The number of hydrazone groups is 1. The molecule has 1 aromatic carbocycles. The SMILES string of the molecule is CCCCn1nc(C)c(/C=N\NC(=O)c2ccccc2Cl)c1Cl. The van der Waals surface area contributed by atoms with Gasteiger partial charge in [-0.25, -0.2) is 5.43 Å². The molecule has 1 N–H and O–H groups in total. The fraction of sp³-hybridized carbons (Fsp3) is 0.312. The lowest BCUT2D eigenvalue weighted by atomic mass is 10.2. The molecular formula is C16H18Cl2N4O. The van der Waals surface area contributed by atoms with Crippen molar-refractivity contribution in [2.45, 2.75) is 33.2 Å². The molecule has 0 bridgehead atoms. The summed E-state index contributed by atoms with van der Waals surface area (Å²) in [6, 6.07) is 6.78. The van der Waals surface area contributed by atoms with E-state index in [4.69, 9.17) is 23.2 Å². The Kier molecular flexibility index (Phi) is 6.19. The van der Waals surface area contributed by atoms with E-state index in [0.29, 0.717) is 21.3 Å². The summed E-state index contributed by atoms with van der Waals surface area (Å²) in [5, 5.41) is 9.23. The third-order valence-corrected chi connectivity index (χ3v) is 4.04.